The minimum atomic E-state index is 1.10. The van der Waals surface area contributed by atoms with E-state index in [0.717, 1.165) is 12.8 Å². The Bertz CT molecular complexity index is 159. The van der Waals surface area contributed by atoms with E-state index in [1.54, 1.807) is 0 Å². The Morgan fingerprint density at radius 1 is 0.733 bits per heavy atom. The molecule has 0 amide bonds. The summed E-state index contributed by atoms with van der Waals surface area (Å²) in [6.07, 6.45) is 14.7. The summed E-state index contributed by atoms with van der Waals surface area (Å²) < 4.78 is 0. The van der Waals surface area contributed by atoms with Crippen molar-refractivity contribution in [1.29, 1.82) is 0 Å². The van der Waals surface area contributed by atoms with Gasteiger partial charge in [0.25, 0.3) is 0 Å². The number of unbranched alkanes of at least 4 members (excludes halogenated alkanes) is 10. The lowest BCUT2D eigenvalue weighted by Crippen LogP contribution is -1.81. The summed E-state index contributed by atoms with van der Waals surface area (Å²) in [6.45, 7) is 5.78. The fourth-order valence-electron chi connectivity index (χ4n) is 1.75. The summed E-state index contributed by atoms with van der Waals surface area (Å²) in [5.74, 6) is 6.06. The highest BCUT2D eigenvalue weighted by Gasteiger charge is 1.91. The average Bonchev–Trinajstić information content (AvgIpc) is 2.26. The van der Waals surface area contributed by atoms with Crippen molar-refractivity contribution in [3.63, 3.8) is 0 Å². The van der Waals surface area contributed by atoms with Crippen LogP contribution in [0.5, 0.6) is 0 Å². The average molecular weight is 207 g/mol. The van der Waals surface area contributed by atoms with E-state index in [2.05, 4.69) is 18.8 Å². The van der Waals surface area contributed by atoms with Crippen LogP contribution in [0.15, 0.2) is 0 Å². The highest BCUT2D eigenvalue weighted by atomic mass is 14.0. The maximum absolute atomic E-state index is 3.86. The molecule has 0 bridgehead atoms. The Morgan fingerprint density at radius 2 is 1.20 bits per heavy atom. The van der Waals surface area contributed by atoms with Crippen LogP contribution in [-0.4, -0.2) is 0 Å². The van der Waals surface area contributed by atoms with Crippen LogP contribution in [0.2, 0.25) is 0 Å². The first-order valence-corrected chi connectivity index (χ1v) is 6.60. The van der Waals surface area contributed by atoms with Crippen molar-refractivity contribution in [3.05, 3.63) is 6.92 Å². The number of hydrogen-bond acceptors (Lipinski definition) is 0. The maximum atomic E-state index is 3.86. The first-order valence-electron chi connectivity index (χ1n) is 6.60. The molecule has 15 heavy (non-hydrogen) atoms. The molecule has 0 aliphatic carbocycles. The number of hydrogen-bond donors (Lipinski definition) is 0. The molecular weight excluding hydrogens is 180 g/mol. The lowest BCUT2D eigenvalue weighted by molar-refractivity contribution is 0.562. The van der Waals surface area contributed by atoms with Crippen molar-refractivity contribution >= 4 is 0 Å². The lowest BCUT2D eigenvalue weighted by atomic mass is 10.1. The van der Waals surface area contributed by atoms with E-state index in [4.69, 9.17) is 0 Å². The predicted molar refractivity (Wildman–Crippen MR) is 69.6 cm³/mol. The van der Waals surface area contributed by atoms with Crippen LogP contribution in [0.1, 0.15) is 77.6 Å². The molecular formula is C15H27. The molecule has 0 saturated heterocycles. The molecule has 0 aliphatic rings. The van der Waals surface area contributed by atoms with Gasteiger partial charge in [0, 0.05) is 6.42 Å². The van der Waals surface area contributed by atoms with Crippen LogP contribution in [0.4, 0.5) is 0 Å². The zero-order valence-electron chi connectivity index (χ0n) is 10.5. The van der Waals surface area contributed by atoms with E-state index >= 15 is 0 Å². The van der Waals surface area contributed by atoms with Gasteiger partial charge >= 0.3 is 0 Å². The van der Waals surface area contributed by atoms with E-state index in [0.29, 0.717) is 0 Å². The summed E-state index contributed by atoms with van der Waals surface area (Å²) in [5.41, 5.74) is 0. The van der Waals surface area contributed by atoms with Crippen LogP contribution < -0.4 is 0 Å². The van der Waals surface area contributed by atoms with Crippen LogP contribution in [-0.2, 0) is 0 Å². The largest absolute Gasteiger partial charge is 0.107 e. The highest BCUT2D eigenvalue weighted by molar-refractivity contribution is 4.94. The van der Waals surface area contributed by atoms with Crippen molar-refractivity contribution in [2.45, 2.75) is 77.6 Å². The predicted octanol–water partition coefficient (Wildman–Crippen LogP) is 5.13. The summed E-state index contributed by atoms with van der Waals surface area (Å²) in [7, 11) is 0. The van der Waals surface area contributed by atoms with E-state index in [9.17, 15) is 0 Å². The molecule has 0 nitrogen and oxygen atoms in total. The Morgan fingerprint density at radius 3 is 1.67 bits per heavy atom. The third kappa shape index (κ3) is 13.6. The summed E-state index contributed by atoms with van der Waals surface area (Å²) in [5, 5.41) is 0. The monoisotopic (exact) mass is 207 g/mol. The highest BCUT2D eigenvalue weighted by Crippen LogP contribution is 2.10. The molecule has 0 atom stereocenters. The second-order valence-corrected chi connectivity index (χ2v) is 4.21. The second-order valence-electron chi connectivity index (χ2n) is 4.21. The van der Waals surface area contributed by atoms with Crippen LogP contribution in [0.25, 0.3) is 0 Å². The Hall–Kier alpha value is -0.440. The molecule has 0 fully saturated rings. The fourth-order valence-corrected chi connectivity index (χ4v) is 1.75. The molecule has 0 aliphatic heterocycles. The molecule has 0 aromatic heterocycles. The third-order valence-electron chi connectivity index (χ3n) is 2.73. The topological polar surface area (TPSA) is 0 Å². The molecule has 1 radical (unpaired) electrons. The van der Waals surface area contributed by atoms with Crippen molar-refractivity contribution < 1.29 is 0 Å². The van der Waals surface area contributed by atoms with E-state index in [-0.39, 0.29) is 0 Å². The summed E-state index contributed by atoms with van der Waals surface area (Å²) in [6, 6.07) is 0. The minimum Gasteiger partial charge on any atom is -0.107 e. The van der Waals surface area contributed by atoms with Gasteiger partial charge in [0.15, 0.2) is 0 Å². The minimum absolute atomic E-state index is 1.10. The molecule has 0 heteroatoms. The number of rotatable bonds is 10. The maximum Gasteiger partial charge on any atom is 0.00885 e. The van der Waals surface area contributed by atoms with Crippen LogP contribution in [0.3, 0.4) is 0 Å². The SMILES string of the molecule is [CH2]CCCCCCCCCCCC#CC. The Kier molecular flexibility index (Phi) is 13.2. The third-order valence-corrected chi connectivity index (χ3v) is 2.73. The van der Waals surface area contributed by atoms with Crippen molar-refractivity contribution in [2.75, 3.05) is 0 Å². The Labute approximate surface area is 96.8 Å². The summed E-state index contributed by atoms with van der Waals surface area (Å²) in [4.78, 5) is 0. The molecule has 87 valence electrons. The smallest absolute Gasteiger partial charge is 0.00885 e. The standard InChI is InChI=1S/C15H27/c1-3-5-7-9-11-13-15-14-12-10-8-6-4-2/h1,3,5,7-15H2,2H3. The van der Waals surface area contributed by atoms with Gasteiger partial charge < -0.3 is 0 Å². The summed E-state index contributed by atoms with van der Waals surface area (Å²) >= 11 is 0. The zero-order chi connectivity index (χ0) is 11.2. The fraction of sp³-hybridized carbons (Fsp3) is 0.800. The molecule has 0 N–H and O–H groups in total. The zero-order valence-corrected chi connectivity index (χ0v) is 10.5. The van der Waals surface area contributed by atoms with Crippen molar-refractivity contribution in [3.8, 4) is 11.8 Å². The van der Waals surface area contributed by atoms with Gasteiger partial charge in [0.1, 0.15) is 0 Å². The van der Waals surface area contributed by atoms with E-state index in [1.807, 2.05) is 6.92 Å². The first-order chi connectivity index (χ1) is 7.41. The van der Waals surface area contributed by atoms with Crippen LogP contribution in [0, 0.1) is 18.8 Å². The molecule has 0 aromatic rings. The van der Waals surface area contributed by atoms with Gasteiger partial charge in [-0.25, -0.2) is 0 Å². The second kappa shape index (κ2) is 13.6. The molecule has 0 unspecified atom stereocenters. The molecule has 0 aromatic carbocycles. The van der Waals surface area contributed by atoms with Gasteiger partial charge in [0.05, 0.1) is 0 Å². The molecule has 0 rings (SSSR count). The Balaban J connectivity index is 2.88. The van der Waals surface area contributed by atoms with Gasteiger partial charge in [-0.3, -0.25) is 0 Å². The molecule has 0 spiro atoms. The van der Waals surface area contributed by atoms with Crippen molar-refractivity contribution in [1.82, 2.24) is 0 Å². The van der Waals surface area contributed by atoms with Gasteiger partial charge in [-0.2, -0.15) is 0 Å². The van der Waals surface area contributed by atoms with E-state index in [1.165, 1.54) is 57.8 Å². The van der Waals surface area contributed by atoms with Gasteiger partial charge in [-0.15, -0.1) is 11.8 Å². The quantitative estimate of drug-likeness (QED) is 0.344. The van der Waals surface area contributed by atoms with Crippen molar-refractivity contribution in [2.24, 2.45) is 0 Å². The lowest BCUT2D eigenvalue weighted by Gasteiger charge is -2.00. The van der Waals surface area contributed by atoms with Gasteiger partial charge in [-0.05, 0) is 13.3 Å². The molecule has 0 heterocycles. The van der Waals surface area contributed by atoms with Gasteiger partial charge in [-0.1, -0.05) is 64.7 Å². The normalized spacial score (nSPS) is 9.73. The van der Waals surface area contributed by atoms with Gasteiger partial charge in [0.2, 0.25) is 0 Å². The van der Waals surface area contributed by atoms with Crippen LogP contribution >= 0.6 is 0 Å². The first kappa shape index (κ1) is 14.6. The molecule has 0 saturated carbocycles. The van der Waals surface area contributed by atoms with E-state index < -0.39 is 0 Å².